The van der Waals surface area contributed by atoms with Crippen LogP contribution in [0.4, 0.5) is 11.6 Å². The van der Waals surface area contributed by atoms with Crippen LogP contribution in [0.15, 0.2) is 24.3 Å². The van der Waals surface area contributed by atoms with Crippen LogP contribution in [-0.2, 0) is 0 Å². The van der Waals surface area contributed by atoms with Crippen molar-refractivity contribution >= 4 is 23.2 Å². The molecule has 0 saturated heterocycles. The summed E-state index contributed by atoms with van der Waals surface area (Å²) in [6.07, 6.45) is 0. The number of nitro benzene ring substituents is 1. The number of nitrogens with one attached hydrogen (secondary N) is 1. The Labute approximate surface area is 118 Å². The minimum atomic E-state index is -0.493. The second-order valence-corrected chi connectivity index (χ2v) is 3.93. The SMILES string of the molecule is CCNc1nc(Cl)nc(Oc2ccc([N+](=O)[O-])cc2)n1. The van der Waals surface area contributed by atoms with E-state index in [2.05, 4.69) is 20.3 Å². The van der Waals surface area contributed by atoms with Gasteiger partial charge >= 0.3 is 6.01 Å². The van der Waals surface area contributed by atoms with Crippen LogP contribution in [0.1, 0.15) is 6.92 Å². The number of nitro groups is 1. The van der Waals surface area contributed by atoms with Crippen LogP contribution in [0.5, 0.6) is 11.8 Å². The molecule has 1 aromatic heterocycles. The average molecular weight is 296 g/mol. The molecular weight excluding hydrogens is 286 g/mol. The van der Waals surface area contributed by atoms with Crippen molar-refractivity contribution in [3.63, 3.8) is 0 Å². The molecular formula is C11H10ClN5O3. The van der Waals surface area contributed by atoms with Crippen LogP contribution < -0.4 is 10.1 Å². The molecule has 0 radical (unpaired) electrons. The molecule has 2 rings (SSSR count). The zero-order valence-corrected chi connectivity index (χ0v) is 11.2. The van der Waals surface area contributed by atoms with E-state index in [9.17, 15) is 10.1 Å². The lowest BCUT2D eigenvalue weighted by atomic mass is 10.3. The maximum atomic E-state index is 10.5. The summed E-state index contributed by atoms with van der Waals surface area (Å²) < 4.78 is 5.37. The number of hydrogen-bond acceptors (Lipinski definition) is 7. The minimum absolute atomic E-state index is 0.00661. The van der Waals surface area contributed by atoms with Crippen LogP contribution in [0.25, 0.3) is 0 Å². The van der Waals surface area contributed by atoms with E-state index >= 15 is 0 Å². The number of nitrogens with zero attached hydrogens (tertiary/aromatic N) is 4. The molecule has 2 aromatic rings. The van der Waals surface area contributed by atoms with Crippen LogP contribution in [0, 0.1) is 10.1 Å². The summed E-state index contributed by atoms with van der Waals surface area (Å²) in [5.74, 6) is 0.657. The van der Waals surface area contributed by atoms with E-state index in [1.807, 2.05) is 6.92 Å². The van der Waals surface area contributed by atoms with Gasteiger partial charge in [0.15, 0.2) is 0 Å². The molecule has 0 unspecified atom stereocenters. The van der Waals surface area contributed by atoms with Crippen molar-refractivity contribution in [2.75, 3.05) is 11.9 Å². The van der Waals surface area contributed by atoms with Gasteiger partial charge in [-0.15, -0.1) is 0 Å². The topological polar surface area (TPSA) is 103 Å². The Kier molecular flexibility index (Phi) is 4.26. The van der Waals surface area contributed by atoms with Gasteiger partial charge in [-0.2, -0.15) is 15.0 Å². The first-order chi connectivity index (χ1) is 9.58. The van der Waals surface area contributed by atoms with E-state index < -0.39 is 4.92 Å². The fraction of sp³-hybridized carbons (Fsp3) is 0.182. The van der Waals surface area contributed by atoms with Crippen LogP contribution in [0.2, 0.25) is 5.28 Å². The van der Waals surface area contributed by atoms with Crippen LogP contribution >= 0.6 is 11.6 Å². The molecule has 1 N–H and O–H groups in total. The Morgan fingerprint density at radius 1 is 1.30 bits per heavy atom. The summed E-state index contributed by atoms with van der Waals surface area (Å²) in [7, 11) is 0. The van der Waals surface area contributed by atoms with Crippen molar-refractivity contribution in [2.24, 2.45) is 0 Å². The molecule has 0 saturated carbocycles. The van der Waals surface area contributed by atoms with Gasteiger partial charge in [0.2, 0.25) is 11.2 Å². The van der Waals surface area contributed by atoms with E-state index in [0.29, 0.717) is 18.2 Å². The molecule has 0 bridgehead atoms. The molecule has 1 heterocycles. The van der Waals surface area contributed by atoms with Gasteiger partial charge in [0.1, 0.15) is 5.75 Å². The van der Waals surface area contributed by atoms with Crippen molar-refractivity contribution in [1.29, 1.82) is 0 Å². The number of anilines is 1. The second-order valence-electron chi connectivity index (χ2n) is 3.59. The van der Waals surface area contributed by atoms with E-state index in [4.69, 9.17) is 16.3 Å². The number of benzene rings is 1. The molecule has 1 aromatic carbocycles. The Morgan fingerprint density at radius 3 is 2.60 bits per heavy atom. The van der Waals surface area contributed by atoms with Crippen LogP contribution in [-0.4, -0.2) is 26.4 Å². The standard InChI is InChI=1S/C11H10ClN5O3/c1-2-13-10-14-9(12)15-11(16-10)20-8-5-3-7(4-6-8)17(18)19/h3-6H,2H2,1H3,(H,13,14,15,16). The monoisotopic (exact) mass is 295 g/mol. The lowest BCUT2D eigenvalue weighted by Gasteiger charge is -2.06. The zero-order valence-electron chi connectivity index (χ0n) is 10.4. The highest BCUT2D eigenvalue weighted by molar-refractivity contribution is 6.28. The average Bonchev–Trinajstić information content (AvgIpc) is 2.39. The molecule has 0 aliphatic rings. The summed E-state index contributed by atoms with van der Waals surface area (Å²) in [6, 6.07) is 5.55. The minimum Gasteiger partial charge on any atom is -0.424 e. The number of rotatable bonds is 5. The maximum Gasteiger partial charge on any atom is 0.328 e. The molecule has 0 aliphatic heterocycles. The van der Waals surface area contributed by atoms with E-state index in [1.54, 1.807) is 0 Å². The summed E-state index contributed by atoms with van der Waals surface area (Å²) in [6.45, 7) is 2.51. The third-order valence-electron chi connectivity index (χ3n) is 2.18. The number of non-ortho nitro benzene ring substituents is 1. The normalized spacial score (nSPS) is 10.1. The van der Waals surface area contributed by atoms with E-state index in [0.717, 1.165) is 0 Å². The number of aromatic nitrogens is 3. The molecule has 0 spiro atoms. The van der Waals surface area contributed by atoms with Crippen molar-refractivity contribution in [3.05, 3.63) is 39.7 Å². The summed E-state index contributed by atoms with van der Waals surface area (Å²) in [5.41, 5.74) is -0.0284. The predicted molar refractivity (Wildman–Crippen MR) is 72.2 cm³/mol. The molecule has 9 heteroatoms. The van der Waals surface area contributed by atoms with Crippen molar-refractivity contribution < 1.29 is 9.66 Å². The quantitative estimate of drug-likeness (QED) is 0.668. The van der Waals surface area contributed by atoms with E-state index in [1.165, 1.54) is 24.3 Å². The number of halogens is 1. The van der Waals surface area contributed by atoms with Gasteiger partial charge in [-0.05, 0) is 30.7 Å². The van der Waals surface area contributed by atoms with Crippen molar-refractivity contribution in [1.82, 2.24) is 15.0 Å². The molecule has 8 nitrogen and oxygen atoms in total. The molecule has 0 atom stereocenters. The lowest BCUT2D eigenvalue weighted by molar-refractivity contribution is -0.384. The molecule has 0 amide bonds. The molecule has 0 fully saturated rings. The first-order valence-corrected chi connectivity index (χ1v) is 6.04. The van der Waals surface area contributed by atoms with Gasteiger partial charge in [0.05, 0.1) is 4.92 Å². The van der Waals surface area contributed by atoms with Crippen molar-refractivity contribution in [2.45, 2.75) is 6.92 Å². The third-order valence-corrected chi connectivity index (χ3v) is 2.35. The Balaban J connectivity index is 2.18. The van der Waals surface area contributed by atoms with Gasteiger partial charge in [-0.3, -0.25) is 10.1 Å². The highest BCUT2D eigenvalue weighted by atomic mass is 35.5. The third kappa shape index (κ3) is 3.51. The fourth-order valence-electron chi connectivity index (χ4n) is 1.36. The van der Waals surface area contributed by atoms with Crippen molar-refractivity contribution in [3.8, 4) is 11.8 Å². The maximum absolute atomic E-state index is 10.5. The smallest absolute Gasteiger partial charge is 0.328 e. The largest absolute Gasteiger partial charge is 0.424 e. The van der Waals surface area contributed by atoms with Gasteiger partial charge in [0.25, 0.3) is 5.69 Å². The second kappa shape index (κ2) is 6.11. The summed E-state index contributed by atoms with van der Waals surface area (Å²) in [4.78, 5) is 21.7. The lowest BCUT2D eigenvalue weighted by Crippen LogP contribution is -2.04. The molecule has 0 aliphatic carbocycles. The van der Waals surface area contributed by atoms with E-state index in [-0.39, 0.29) is 17.0 Å². The van der Waals surface area contributed by atoms with Crippen LogP contribution in [0.3, 0.4) is 0 Å². The predicted octanol–water partition coefficient (Wildman–Crippen LogP) is 2.66. The summed E-state index contributed by atoms with van der Waals surface area (Å²) in [5, 5.41) is 13.4. The first-order valence-electron chi connectivity index (χ1n) is 5.66. The van der Waals surface area contributed by atoms with Gasteiger partial charge in [-0.25, -0.2) is 0 Å². The fourth-order valence-corrected chi connectivity index (χ4v) is 1.51. The first kappa shape index (κ1) is 13.9. The number of ether oxygens (including phenoxy) is 1. The summed E-state index contributed by atoms with van der Waals surface area (Å²) >= 11 is 5.75. The van der Waals surface area contributed by atoms with Gasteiger partial charge < -0.3 is 10.1 Å². The highest BCUT2D eigenvalue weighted by Crippen LogP contribution is 2.22. The Morgan fingerprint density at radius 2 is 2.00 bits per heavy atom. The van der Waals surface area contributed by atoms with Gasteiger partial charge in [-0.1, -0.05) is 0 Å². The highest BCUT2D eigenvalue weighted by Gasteiger charge is 2.09. The molecule has 104 valence electrons. The van der Waals surface area contributed by atoms with Gasteiger partial charge in [0, 0.05) is 18.7 Å². The Bertz CT molecular complexity index is 620. The molecule has 20 heavy (non-hydrogen) atoms. The Hall–Kier alpha value is -2.48. The zero-order chi connectivity index (χ0) is 14.5. The number of hydrogen-bond donors (Lipinski definition) is 1.